The highest BCUT2D eigenvalue weighted by Crippen LogP contribution is 2.29. The van der Waals surface area contributed by atoms with Gasteiger partial charge < -0.3 is 10.6 Å². The van der Waals surface area contributed by atoms with Crippen LogP contribution in [0.1, 0.15) is 16.3 Å². The Morgan fingerprint density at radius 2 is 1.93 bits per heavy atom. The van der Waals surface area contributed by atoms with E-state index in [-0.39, 0.29) is 11.4 Å². The van der Waals surface area contributed by atoms with Crippen molar-refractivity contribution < 1.29 is 21.6 Å². The quantitative estimate of drug-likeness (QED) is 0.486. The molecule has 1 aromatic heterocycles. The molecule has 4 N–H and O–H groups in total. The first-order valence-corrected chi connectivity index (χ1v) is 10.1. The van der Waals surface area contributed by atoms with Gasteiger partial charge in [-0.05, 0) is 24.1 Å². The first kappa shape index (κ1) is 21.1. The number of thiazole rings is 1. The second-order valence-corrected chi connectivity index (χ2v) is 7.92. The Kier molecular flexibility index (Phi) is 6.78. The van der Waals surface area contributed by atoms with Gasteiger partial charge in [0.2, 0.25) is 10.0 Å². The summed E-state index contributed by atoms with van der Waals surface area (Å²) in [6.07, 6.45) is -3.87. The molecular formula is C15H18F3N5O2S2. The lowest BCUT2D eigenvalue weighted by atomic mass is 10.1. The predicted octanol–water partition coefficient (Wildman–Crippen LogP) is 1.72. The van der Waals surface area contributed by atoms with Crippen molar-refractivity contribution in [3.8, 4) is 0 Å². The van der Waals surface area contributed by atoms with Crippen LogP contribution in [0.4, 0.5) is 13.2 Å². The topological polar surface area (TPSA) is 109 Å². The molecule has 0 saturated carbocycles. The highest BCUT2D eigenvalue weighted by Gasteiger charge is 2.33. The number of nitrogens with zero attached hydrogens (tertiary/aromatic N) is 2. The molecule has 2 rings (SSSR count). The summed E-state index contributed by atoms with van der Waals surface area (Å²) in [5, 5.41) is 12.2. The summed E-state index contributed by atoms with van der Waals surface area (Å²) in [6.45, 7) is 0.601. The normalized spacial score (nSPS) is 12.9. The average Bonchev–Trinajstić information content (AvgIpc) is 3.07. The number of sulfonamides is 1. The standard InChI is InChI=1S/C15H18F3N5O2S2/c1-20-14(22-8-13-23-12(9-26-13)15(16,17)18)21-7-6-10-2-4-11(5-3-10)27(19,24)25/h2-5,9H,6-8H2,1H3,(H2,19,24,25)(H2,20,21,22). The Hall–Kier alpha value is -2.18. The van der Waals surface area contributed by atoms with Crippen molar-refractivity contribution in [2.75, 3.05) is 13.6 Å². The Morgan fingerprint density at radius 1 is 1.26 bits per heavy atom. The van der Waals surface area contributed by atoms with Crippen LogP contribution in [0, 0.1) is 0 Å². The van der Waals surface area contributed by atoms with E-state index in [0.29, 0.717) is 23.9 Å². The highest BCUT2D eigenvalue weighted by atomic mass is 32.2. The summed E-state index contributed by atoms with van der Waals surface area (Å²) in [7, 11) is -2.18. The van der Waals surface area contributed by atoms with Gasteiger partial charge in [0.15, 0.2) is 11.7 Å². The molecule has 0 unspecified atom stereocenters. The first-order chi connectivity index (χ1) is 12.6. The fourth-order valence-electron chi connectivity index (χ4n) is 2.07. The number of hydrogen-bond acceptors (Lipinski definition) is 5. The molecule has 0 radical (unpaired) electrons. The Balaban J connectivity index is 1.81. The second kappa shape index (κ2) is 8.67. The largest absolute Gasteiger partial charge is 0.434 e. The first-order valence-electron chi connectivity index (χ1n) is 7.67. The van der Waals surface area contributed by atoms with Crippen LogP contribution in [0.25, 0.3) is 0 Å². The molecule has 0 fully saturated rings. The number of rotatable bonds is 6. The molecule has 12 heteroatoms. The number of alkyl halides is 3. The maximum absolute atomic E-state index is 12.5. The monoisotopic (exact) mass is 421 g/mol. The lowest BCUT2D eigenvalue weighted by Crippen LogP contribution is -2.37. The van der Waals surface area contributed by atoms with Crippen molar-refractivity contribution >= 4 is 27.3 Å². The molecule has 0 spiro atoms. The van der Waals surface area contributed by atoms with E-state index in [1.165, 1.54) is 12.1 Å². The van der Waals surface area contributed by atoms with Gasteiger partial charge in [-0.15, -0.1) is 11.3 Å². The van der Waals surface area contributed by atoms with Crippen molar-refractivity contribution in [3.63, 3.8) is 0 Å². The number of hydrogen-bond donors (Lipinski definition) is 3. The summed E-state index contributed by atoms with van der Waals surface area (Å²) in [5.41, 5.74) is -0.0183. The van der Waals surface area contributed by atoms with Crippen molar-refractivity contribution in [3.05, 3.63) is 45.9 Å². The van der Waals surface area contributed by atoms with Crippen LogP contribution in [-0.2, 0) is 29.2 Å². The van der Waals surface area contributed by atoms with Crippen LogP contribution < -0.4 is 15.8 Å². The van der Waals surface area contributed by atoms with Gasteiger partial charge in [-0.3, -0.25) is 4.99 Å². The number of aromatic nitrogens is 1. The number of nitrogens with one attached hydrogen (secondary N) is 2. The van der Waals surface area contributed by atoms with Crippen LogP contribution in [0.3, 0.4) is 0 Å². The van der Waals surface area contributed by atoms with Crippen molar-refractivity contribution in [2.45, 2.75) is 24.0 Å². The SMILES string of the molecule is CN=C(NCCc1ccc(S(N)(=O)=O)cc1)NCc1nc(C(F)(F)F)cs1. The number of primary sulfonamides is 1. The van der Waals surface area contributed by atoms with Crippen LogP contribution in [0.5, 0.6) is 0 Å². The van der Waals surface area contributed by atoms with E-state index in [0.717, 1.165) is 22.3 Å². The summed E-state index contributed by atoms with van der Waals surface area (Å²) >= 11 is 0.917. The molecule has 7 nitrogen and oxygen atoms in total. The molecule has 27 heavy (non-hydrogen) atoms. The van der Waals surface area contributed by atoms with Gasteiger partial charge in [0, 0.05) is 19.0 Å². The number of halogens is 3. The second-order valence-electron chi connectivity index (χ2n) is 5.42. The van der Waals surface area contributed by atoms with E-state index in [4.69, 9.17) is 5.14 Å². The minimum Gasteiger partial charge on any atom is -0.356 e. The molecule has 0 amide bonds. The molecule has 1 heterocycles. The van der Waals surface area contributed by atoms with E-state index in [1.807, 2.05) is 0 Å². The minimum absolute atomic E-state index is 0.0401. The van der Waals surface area contributed by atoms with Gasteiger partial charge in [0.1, 0.15) is 5.01 Å². The van der Waals surface area contributed by atoms with E-state index < -0.39 is 21.9 Å². The summed E-state index contributed by atoms with van der Waals surface area (Å²) in [4.78, 5) is 7.56. The maximum Gasteiger partial charge on any atom is 0.434 e. The fraction of sp³-hybridized carbons (Fsp3) is 0.333. The molecule has 0 saturated heterocycles. The van der Waals surface area contributed by atoms with Gasteiger partial charge in [-0.1, -0.05) is 12.1 Å². The molecule has 2 aromatic rings. The van der Waals surface area contributed by atoms with Crippen molar-refractivity contribution in [1.82, 2.24) is 15.6 Å². The van der Waals surface area contributed by atoms with Gasteiger partial charge in [0.25, 0.3) is 0 Å². The summed E-state index contributed by atoms with van der Waals surface area (Å²) in [6, 6.07) is 6.18. The van der Waals surface area contributed by atoms with Crippen LogP contribution >= 0.6 is 11.3 Å². The number of nitrogens with two attached hydrogens (primary N) is 1. The smallest absolute Gasteiger partial charge is 0.356 e. The molecule has 148 valence electrons. The third-order valence-corrected chi connectivity index (χ3v) is 5.21. The summed E-state index contributed by atoms with van der Waals surface area (Å²) < 4.78 is 60.0. The Labute approximate surface area is 158 Å². The van der Waals surface area contributed by atoms with Gasteiger partial charge in [0.05, 0.1) is 11.4 Å². The number of aliphatic imine (C=N–C) groups is 1. The molecule has 1 aromatic carbocycles. The van der Waals surface area contributed by atoms with E-state index in [2.05, 4.69) is 20.6 Å². The predicted molar refractivity (Wildman–Crippen MR) is 96.8 cm³/mol. The van der Waals surface area contributed by atoms with Gasteiger partial charge in [-0.25, -0.2) is 18.5 Å². The van der Waals surface area contributed by atoms with Crippen LogP contribution in [0.2, 0.25) is 0 Å². The number of benzene rings is 1. The van der Waals surface area contributed by atoms with Gasteiger partial charge in [-0.2, -0.15) is 13.2 Å². The van der Waals surface area contributed by atoms with E-state index >= 15 is 0 Å². The van der Waals surface area contributed by atoms with E-state index in [1.54, 1.807) is 19.2 Å². The minimum atomic E-state index is -4.45. The molecule has 0 aliphatic rings. The van der Waals surface area contributed by atoms with Crippen LogP contribution in [0.15, 0.2) is 39.5 Å². The molecule has 0 atom stereocenters. The lowest BCUT2D eigenvalue weighted by molar-refractivity contribution is -0.140. The van der Waals surface area contributed by atoms with E-state index in [9.17, 15) is 21.6 Å². The third-order valence-electron chi connectivity index (χ3n) is 3.43. The highest BCUT2D eigenvalue weighted by molar-refractivity contribution is 7.89. The number of guanidine groups is 1. The Morgan fingerprint density at radius 3 is 2.44 bits per heavy atom. The average molecular weight is 421 g/mol. The summed E-state index contributed by atoms with van der Waals surface area (Å²) in [5.74, 6) is 0.417. The van der Waals surface area contributed by atoms with Crippen molar-refractivity contribution in [2.24, 2.45) is 10.1 Å². The molecule has 0 aliphatic carbocycles. The third kappa shape index (κ3) is 6.48. The molecule has 0 bridgehead atoms. The maximum atomic E-state index is 12.5. The fourth-order valence-corrected chi connectivity index (χ4v) is 3.33. The Bertz CT molecular complexity index is 893. The van der Waals surface area contributed by atoms with Gasteiger partial charge >= 0.3 is 6.18 Å². The zero-order valence-corrected chi connectivity index (χ0v) is 15.9. The molecule has 0 aliphatic heterocycles. The zero-order valence-electron chi connectivity index (χ0n) is 14.2. The zero-order chi connectivity index (χ0) is 20.1. The van der Waals surface area contributed by atoms with Crippen LogP contribution in [-0.4, -0.2) is 33.0 Å². The lowest BCUT2D eigenvalue weighted by Gasteiger charge is -2.11. The van der Waals surface area contributed by atoms with Crippen molar-refractivity contribution in [1.29, 1.82) is 0 Å². The molecular weight excluding hydrogens is 403 g/mol.